The highest BCUT2D eigenvalue weighted by Gasteiger charge is 2.36. The van der Waals surface area contributed by atoms with Crippen LogP contribution >= 0.6 is 0 Å². The number of ether oxygens (including phenoxy) is 1. The number of rotatable bonds is 16. The van der Waals surface area contributed by atoms with Gasteiger partial charge in [-0.25, -0.2) is 17.5 Å². The first-order valence-corrected chi connectivity index (χ1v) is 19.4. The molecule has 1 N–H and O–H groups in total. The SMILES string of the molecule is CCCCC(=O)N(Cc1ccc(-c2ccccc2S(=O)(=O)Nc2onc(C)c2C)cc1)[C@H](C(=O)N(Cc1ccc(F)cc1)CC1CCCO1)C(C)C. The smallest absolute Gasteiger partial charge is 0.264 e. The van der Waals surface area contributed by atoms with Crippen molar-refractivity contribution >= 4 is 27.7 Å². The number of carbonyl (C=O) groups excluding carboxylic acids is 2. The normalized spacial score (nSPS) is 15.1. The quantitative estimate of drug-likeness (QED) is 0.126. The van der Waals surface area contributed by atoms with Gasteiger partial charge in [-0.05, 0) is 73.9 Å². The first-order valence-electron chi connectivity index (χ1n) is 18.0. The van der Waals surface area contributed by atoms with Crippen LogP contribution < -0.4 is 4.72 Å². The zero-order chi connectivity index (χ0) is 37.4. The Hall–Kier alpha value is -4.55. The summed E-state index contributed by atoms with van der Waals surface area (Å²) in [5, 5.41) is 3.85. The number of aromatic nitrogens is 1. The number of amides is 2. The number of sulfonamides is 1. The van der Waals surface area contributed by atoms with Gasteiger partial charge in [0.15, 0.2) is 0 Å². The van der Waals surface area contributed by atoms with E-state index in [-0.39, 0.29) is 53.5 Å². The molecule has 2 heterocycles. The summed E-state index contributed by atoms with van der Waals surface area (Å²) in [7, 11) is -4.03. The fourth-order valence-electron chi connectivity index (χ4n) is 6.47. The van der Waals surface area contributed by atoms with Gasteiger partial charge in [-0.2, -0.15) is 0 Å². The largest absolute Gasteiger partial charge is 0.376 e. The molecule has 278 valence electrons. The van der Waals surface area contributed by atoms with Crippen molar-refractivity contribution in [3.05, 3.63) is 101 Å². The number of aryl methyl sites for hydroxylation is 1. The van der Waals surface area contributed by atoms with Gasteiger partial charge in [0.25, 0.3) is 10.0 Å². The van der Waals surface area contributed by atoms with Crippen LogP contribution in [0.15, 0.2) is 82.2 Å². The Kier molecular flexibility index (Phi) is 12.9. The van der Waals surface area contributed by atoms with E-state index in [9.17, 15) is 22.4 Å². The summed E-state index contributed by atoms with van der Waals surface area (Å²) in [6.45, 7) is 10.8. The average Bonchev–Trinajstić information content (AvgIpc) is 3.76. The fraction of sp³-hybridized carbons (Fsp3) is 0.425. The van der Waals surface area contributed by atoms with E-state index in [4.69, 9.17) is 9.26 Å². The summed E-state index contributed by atoms with van der Waals surface area (Å²) < 4.78 is 54.5. The van der Waals surface area contributed by atoms with Crippen molar-refractivity contribution in [2.75, 3.05) is 17.9 Å². The molecule has 52 heavy (non-hydrogen) atoms. The summed E-state index contributed by atoms with van der Waals surface area (Å²) in [5.41, 5.74) is 3.94. The van der Waals surface area contributed by atoms with Crippen molar-refractivity contribution in [1.82, 2.24) is 15.0 Å². The third-order valence-electron chi connectivity index (χ3n) is 9.51. The molecular weight excluding hydrogens is 684 g/mol. The van der Waals surface area contributed by atoms with E-state index >= 15 is 0 Å². The molecule has 2 atom stereocenters. The Morgan fingerprint density at radius 1 is 0.981 bits per heavy atom. The second-order valence-electron chi connectivity index (χ2n) is 13.8. The van der Waals surface area contributed by atoms with E-state index in [1.807, 2.05) is 45.0 Å². The molecule has 1 aliphatic heterocycles. The zero-order valence-electron chi connectivity index (χ0n) is 30.6. The predicted octanol–water partition coefficient (Wildman–Crippen LogP) is 7.65. The lowest BCUT2D eigenvalue weighted by atomic mass is 9.97. The number of benzene rings is 3. The maximum absolute atomic E-state index is 14.6. The van der Waals surface area contributed by atoms with Crippen molar-refractivity contribution in [3.8, 4) is 11.1 Å². The van der Waals surface area contributed by atoms with E-state index in [2.05, 4.69) is 9.88 Å². The van der Waals surface area contributed by atoms with Crippen molar-refractivity contribution < 1.29 is 31.7 Å². The lowest BCUT2D eigenvalue weighted by Crippen LogP contribution is -2.54. The Labute approximate surface area is 306 Å². The van der Waals surface area contributed by atoms with Crippen molar-refractivity contribution in [1.29, 1.82) is 0 Å². The van der Waals surface area contributed by atoms with Gasteiger partial charge >= 0.3 is 0 Å². The monoisotopic (exact) mass is 732 g/mol. The highest BCUT2D eigenvalue weighted by molar-refractivity contribution is 7.92. The summed E-state index contributed by atoms with van der Waals surface area (Å²) >= 11 is 0. The first-order chi connectivity index (χ1) is 24.9. The number of unbranched alkanes of at least 4 members (excludes halogenated alkanes) is 1. The molecule has 4 aromatic rings. The van der Waals surface area contributed by atoms with Crippen molar-refractivity contribution in [2.24, 2.45) is 5.92 Å². The summed E-state index contributed by atoms with van der Waals surface area (Å²) in [4.78, 5) is 32.1. The van der Waals surface area contributed by atoms with Crippen molar-refractivity contribution in [3.63, 3.8) is 0 Å². The number of nitrogens with zero attached hydrogens (tertiary/aromatic N) is 3. The molecule has 2 amide bonds. The Morgan fingerprint density at radius 2 is 1.65 bits per heavy atom. The third-order valence-corrected chi connectivity index (χ3v) is 10.9. The summed E-state index contributed by atoms with van der Waals surface area (Å²) in [5.74, 6) is -0.786. The second kappa shape index (κ2) is 17.3. The molecule has 1 aromatic heterocycles. The lowest BCUT2D eigenvalue weighted by Gasteiger charge is -2.38. The summed E-state index contributed by atoms with van der Waals surface area (Å²) in [6, 6.07) is 19.4. The van der Waals surface area contributed by atoms with Crippen LogP contribution in [0.3, 0.4) is 0 Å². The van der Waals surface area contributed by atoms with Crippen LogP contribution in [0.1, 0.15) is 75.3 Å². The van der Waals surface area contributed by atoms with Gasteiger partial charge in [-0.1, -0.05) is 86.9 Å². The van der Waals surface area contributed by atoms with Crippen LogP contribution in [0.5, 0.6) is 0 Å². The van der Waals surface area contributed by atoms with Crippen LogP contribution in [0.4, 0.5) is 10.3 Å². The molecule has 0 spiro atoms. The number of hydrogen-bond acceptors (Lipinski definition) is 7. The molecular formula is C40H49FN4O6S. The van der Waals surface area contributed by atoms with E-state index in [1.165, 1.54) is 18.2 Å². The minimum absolute atomic E-state index is 0.0664. The first kappa shape index (κ1) is 38.7. The Morgan fingerprint density at radius 3 is 2.27 bits per heavy atom. The molecule has 0 saturated carbocycles. The maximum Gasteiger partial charge on any atom is 0.264 e. The van der Waals surface area contributed by atoms with Crippen LogP contribution in [0.2, 0.25) is 0 Å². The van der Waals surface area contributed by atoms with Gasteiger partial charge < -0.3 is 19.1 Å². The predicted molar refractivity (Wildman–Crippen MR) is 198 cm³/mol. The minimum Gasteiger partial charge on any atom is -0.376 e. The molecule has 12 heteroatoms. The molecule has 0 radical (unpaired) electrons. The third kappa shape index (κ3) is 9.46. The molecule has 1 aliphatic rings. The van der Waals surface area contributed by atoms with E-state index < -0.39 is 16.1 Å². The molecule has 3 aromatic carbocycles. The molecule has 1 fully saturated rings. The highest BCUT2D eigenvalue weighted by atomic mass is 32.2. The van der Waals surface area contributed by atoms with Gasteiger partial charge in [-0.15, -0.1) is 0 Å². The second-order valence-corrected chi connectivity index (χ2v) is 15.5. The topological polar surface area (TPSA) is 122 Å². The molecule has 1 saturated heterocycles. The molecule has 0 bridgehead atoms. The van der Waals surface area contributed by atoms with Crippen LogP contribution in [-0.4, -0.2) is 60.5 Å². The number of anilines is 1. The number of nitrogens with one attached hydrogen (secondary N) is 1. The zero-order valence-corrected chi connectivity index (χ0v) is 31.4. The van der Waals surface area contributed by atoms with Gasteiger partial charge in [0, 0.05) is 43.8 Å². The summed E-state index contributed by atoms with van der Waals surface area (Å²) in [6.07, 6.45) is 3.47. The van der Waals surface area contributed by atoms with E-state index in [0.717, 1.165) is 30.4 Å². The van der Waals surface area contributed by atoms with Crippen LogP contribution in [0.25, 0.3) is 11.1 Å². The minimum atomic E-state index is -4.03. The average molecular weight is 733 g/mol. The van der Waals surface area contributed by atoms with Gasteiger partial charge in [0.2, 0.25) is 17.7 Å². The number of halogens is 1. The standard InChI is InChI=1S/C40H49FN4O6S/c1-6-7-14-37(46)45(38(27(2)3)40(47)44(26-34-11-10-23-50-34)24-30-17-21-33(41)22-18-30)25-31-15-19-32(20-16-31)35-12-8-9-13-36(35)52(48,49)43-39-28(4)29(5)42-51-39/h8-9,12-13,15-22,27,34,38,43H,6-7,10-11,14,23-26H2,1-5H3/t34?,38-/m0/s1. The Balaban J connectivity index is 1.43. The van der Waals surface area contributed by atoms with Gasteiger partial charge in [0.1, 0.15) is 11.9 Å². The van der Waals surface area contributed by atoms with Gasteiger partial charge in [0.05, 0.1) is 16.7 Å². The molecule has 0 aliphatic carbocycles. The molecule has 10 nitrogen and oxygen atoms in total. The van der Waals surface area contributed by atoms with E-state index in [0.29, 0.717) is 48.4 Å². The number of hydrogen-bond donors (Lipinski definition) is 1. The lowest BCUT2D eigenvalue weighted by molar-refractivity contribution is -0.150. The molecule has 5 rings (SSSR count). The highest BCUT2D eigenvalue weighted by Crippen LogP contribution is 2.31. The maximum atomic E-state index is 14.6. The van der Waals surface area contributed by atoms with E-state index in [1.54, 1.807) is 54.0 Å². The fourth-order valence-corrected chi connectivity index (χ4v) is 7.75. The van der Waals surface area contributed by atoms with Crippen LogP contribution in [0, 0.1) is 25.6 Å². The van der Waals surface area contributed by atoms with Crippen molar-refractivity contribution in [2.45, 2.75) is 96.9 Å². The van der Waals surface area contributed by atoms with Crippen LogP contribution in [-0.2, 0) is 37.4 Å². The van der Waals surface area contributed by atoms with Gasteiger partial charge in [-0.3, -0.25) is 9.59 Å². The number of carbonyl (C=O) groups is 2. The Bertz CT molecular complexity index is 1920. The molecule has 1 unspecified atom stereocenters.